The number of aromatic nitrogens is 1. The summed E-state index contributed by atoms with van der Waals surface area (Å²) in [5.41, 5.74) is 1.79. The molecule has 0 amide bonds. The first-order valence-electron chi connectivity index (χ1n) is 8.02. The molecule has 0 saturated heterocycles. The zero-order valence-corrected chi connectivity index (χ0v) is 15.6. The first-order valence-corrected chi connectivity index (χ1v) is 8.81. The number of pyridine rings is 1. The molecule has 5 nitrogen and oxygen atoms in total. The topological polar surface area (TPSA) is 72.1 Å². The van der Waals surface area contributed by atoms with Crippen LogP contribution in [0.3, 0.4) is 0 Å². The van der Waals surface area contributed by atoms with Crippen molar-refractivity contribution < 1.29 is 9.53 Å². The molecule has 0 N–H and O–H groups in total. The number of esters is 1. The summed E-state index contributed by atoms with van der Waals surface area (Å²) in [6.45, 7) is 2.31. The van der Waals surface area contributed by atoms with Crippen LogP contribution in [0.2, 0.25) is 0 Å². The Kier molecular flexibility index (Phi) is 5.19. The molecule has 6 heteroatoms. The molecule has 0 aliphatic heterocycles. The zero-order chi connectivity index (χ0) is 18.7. The molecule has 0 radical (unpaired) electrons. The number of halogens is 1. The lowest BCUT2D eigenvalue weighted by Gasteiger charge is -2.14. The highest BCUT2D eigenvalue weighted by Crippen LogP contribution is 2.20. The maximum atomic E-state index is 12.7. The van der Waals surface area contributed by atoms with Gasteiger partial charge >= 0.3 is 5.97 Å². The standard InChI is InChI=1S/C20H15BrN2O3/c1-2-26-20(25)17-12-23(11-14-5-3-4-13(8-14)10-22)18-7-6-15(21)9-16(18)19(17)24/h3-9,12H,2,11H2,1H3. The fourth-order valence-corrected chi connectivity index (χ4v) is 3.15. The number of fused-ring (bicyclic) bond motifs is 1. The van der Waals surface area contributed by atoms with Crippen LogP contribution in [-0.4, -0.2) is 17.1 Å². The molecule has 0 saturated carbocycles. The Bertz CT molecular complexity index is 1100. The molecular weight excluding hydrogens is 396 g/mol. The van der Waals surface area contributed by atoms with Gasteiger partial charge in [-0.1, -0.05) is 28.1 Å². The molecule has 0 unspecified atom stereocenters. The normalized spacial score (nSPS) is 10.5. The largest absolute Gasteiger partial charge is 0.462 e. The third-order valence-electron chi connectivity index (χ3n) is 3.95. The van der Waals surface area contributed by atoms with E-state index in [4.69, 9.17) is 10.00 Å². The van der Waals surface area contributed by atoms with Gasteiger partial charge in [0.15, 0.2) is 0 Å². The average Bonchev–Trinajstić information content (AvgIpc) is 2.64. The molecule has 1 aromatic heterocycles. The second kappa shape index (κ2) is 7.54. The highest BCUT2D eigenvalue weighted by Gasteiger charge is 2.17. The summed E-state index contributed by atoms with van der Waals surface area (Å²) in [4.78, 5) is 24.9. The van der Waals surface area contributed by atoms with Crippen LogP contribution in [-0.2, 0) is 11.3 Å². The Labute approximate surface area is 158 Å². The molecule has 130 valence electrons. The van der Waals surface area contributed by atoms with Gasteiger partial charge in [-0.3, -0.25) is 4.79 Å². The van der Waals surface area contributed by atoms with Crippen LogP contribution in [0.1, 0.15) is 28.4 Å². The minimum absolute atomic E-state index is 0.00566. The van der Waals surface area contributed by atoms with E-state index in [1.165, 1.54) is 6.20 Å². The van der Waals surface area contributed by atoms with E-state index < -0.39 is 5.97 Å². The predicted molar refractivity (Wildman–Crippen MR) is 102 cm³/mol. The van der Waals surface area contributed by atoms with Gasteiger partial charge in [-0.05, 0) is 42.8 Å². The second-order valence-corrected chi connectivity index (χ2v) is 6.61. The van der Waals surface area contributed by atoms with Crippen molar-refractivity contribution in [1.82, 2.24) is 4.57 Å². The van der Waals surface area contributed by atoms with Crippen molar-refractivity contribution in [3.05, 3.63) is 80.0 Å². The fraction of sp³-hybridized carbons (Fsp3) is 0.150. The third kappa shape index (κ3) is 3.53. The number of ether oxygens (including phenoxy) is 1. The zero-order valence-electron chi connectivity index (χ0n) is 14.0. The van der Waals surface area contributed by atoms with E-state index in [1.54, 1.807) is 31.2 Å². The molecule has 0 bridgehead atoms. The summed E-state index contributed by atoms with van der Waals surface area (Å²) in [7, 11) is 0. The van der Waals surface area contributed by atoms with Crippen LogP contribution in [0, 0.1) is 11.3 Å². The maximum absolute atomic E-state index is 12.7. The molecule has 3 rings (SSSR count). The summed E-state index contributed by atoms with van der Waals surface area (Å²) in [6, 6.07) is 14.7. The lowest BCUT2D eigenvalue weighted by Crippen LogP contribution is -2.21. The molecule has 0 spiro atoms. The molecule has 0 aliphatic rings. The van der Waals surface area contributed by atoms with E-state index >= 15 is 0 Å². The Hall–Kier alpha value is -2.91. The molecule has 0 fully saturated rings. The van der Waals surface area contributed by atoms with Crippen LogP contribution < -0.4 is 5.43 Å². The Morgan fingerprint density at radius 1 is 1.27 bits per heavy atom. The van der Waals surface area contributed by atoms with Gasteiger partial charge < -0.3 is 9.30 Å². The molecule has 2 aromatic carbocycles. The quantitative estimate of drug-likeness (QED) is 0.612. The predicted octanol–water partition coefficient (Wildman–Crippen LogP) is 3.86. The number of hydrogen-bond donors (Lipinski definition) is 0. The number of benzene rings is 2. The number of carbonyl (C=O) groups excluding carboxylic acids is 1. The van der Waals surface area contributed by atoms with Gasteiger partial charge in [-0.2, -0.15) is 5.26 Å². The first-order chi connectivity index (χ1) is 12.5. The van der Waals surface area contributed by atoms with Crippen LogP contribution in [0.4, 0.5) is 0 Å². The Morgan fingerprint density at radius 3 is 2.81 bits per heavy atom. The number of carbonyl (C=O) groups is 1. The number of rotatable bonds is 4. The summed E-state index contributed by atoms with van der Waals surface area (Å²) in [5.74, 6) is -0.640. The van der Waals surface area contributed by atoms with Crippen molar-refractivity contribution in [2.45, 2.75) is 13.5 Å². The summed E-state index contributed by atoms with van der Waals surface area (Å²) >= 11 is 3.37. The van der Waals surface area contributed by atoms with Crippen molar-refractivity contribution in [3.63, 3.8) is 0 Å². The van der Waals surface area contributed by atoms with E-state index in [9.17, 15) is 9.59 Å². The number of nitrogens with zero attached hydrogens (tertiary/aromatic N) is 2. The molecular formula is C20H15BrN2O3. The van der Waals surface area contributed by atoms with E-state index in [-0.39, 0.29) is 17.6 Å². The number of nitriles is 1. The van der Waals surface area contributed by atoms with Gasteiger partial charge in [-0.25, -0.2) is 4.79 Å². The van der Waals surface area contributed by atoms with Gasteiger partial charge in [0.05, 0.1) is 23.8 Å². The molecule has 0 aliphatic carbocycles. The third-order valence-corrected chi connectivity index (χ3v) is 4.44. The molecule has 0 atom stereocenters. The van der Waals surface area contributed by atoms with Gasteiger partial charge in [0.2, 0.25) is 5.43 Å². The van der Waals surface area contributed by atoms with Crippen LogP contribution in [0.5, 0.6) is 0 Å². The summed E-state index contributed by atoms with van der Waals surface area (Å²) < 4.78 is 7.60. The van der Waals surface area contributed by atoms with Gasteiger partial charge in [0, 0.05) is 22.6 Å². The second-order valence-electron chi connectivity index (χ2n) is 5.69. The van der Waals surface area contributed by atoms with Crippen molar-refractivity contribution in [2.24, 2.45) is 0 Å². The Morgan fingerprint density at radius 2 is 2.08 bits per heavy atom. The first kappa shape index (κ1) is 17.9. The van der Waals surface area contributed by atoms with E-state index in [2.05, 4.69) is 22.0 Å². The van der Waals surface area contributed by atoms with E-state index in [1.807, 2.05) is 22.8 Å². The number of hydrogen-bond acceptors (Lipinski definition) is 4. The van der Waals surface area contributed by atoms with Crippen molar-refractivity contribution >= 4 is 32.8 Å². The summed E-state index contributed by atoms with van der Waals surface area (Å²) in [6.07, 6.45) is 1.52. The summed E-state index contributed by atoms with van der Waals surface area (Å²) in [5, 5.41) is 9.51. The minimum Gasteiger partial charge on any atom is -0.462 e. The fourth-order valence-electron chi connectivity index (χ4n) is 2.79. The van der Waals surface area contributed by atoms with E-state index in [0.717, 1.165) is 10.0 Å². The molecule has 26 heavy (non-hydrogen) atoms. The van der Waals surface area contributed by atoms with Crippen molar-refractivity contribution in [2.75, 3.05) is 6.61 Å². The SMILES string of the molecule is CCOC(=O)c1cn(Cc2cccc(C#N)c2)c2ccc(Br)cc2c1=O. The highest BCUT2D eigenvalue weighted by molar-refractivity contribution is 9.10. The minimum atomic E-state index is -0.640. The van der Waals surface area contributed by atoms with Crippen LogP contribution in [0.15, 0.2) is 57.9 Å². The van der Waals surface area contributed by atoms with E-state index in [0.29, 0.717) is 23.0 Å². The smallest absolute Gasteiger partial charge is 0.343 e. The maximum Gasteiger partial charge on any atom is 0.343 e. The average molecular weight is 411 g/mol. The lowest BCUT2D eigenvalue weighted by molar-refractivity contribution is 0.0524. The molecule has 3 aromatic rings. The Balaban J connectivity index is 2.20. The highest BCUT2D eigenvalue weighted by atomic mass is 79.9. The van der Waals surface area contributed by atoms with Crippen molar-refractivity contribution in [3.8, 4) is 6.07 Å². The van der Waals surface area contributed by atoms with Gasteiger partial charge in [0.1, 0.15) is 5.56 Å². The van der Waals surface area contributed by atoms with Crippen molar-refractivity contribution in [1.29, 1.82) is 5.26 Å². The van der Waals surface area contributed by atoms with Gasteiger partial charge in [-0.15, -0.1) is 0 Å². The van der Waals surface area contributed by atoms with Gasteiger partial charge in [0.25, 0.3) is 0 Å². The lowest BCUT2D eigenvalue weighted by atomic mass is 10.1. The monoisotopic (exact) mass is 410 g/mol. The van der Waals surface area contributed by atoms with Crippen LogP contribution >= 0.6 is 15.9 Å². The molecule has 1 heterocycles. The van der Waals surface area contributed by atoms with Crippen LogP contribution in [0.25, 0.3) is 10.9 Å².